The Morgan fingerprint density at radius 3 is 2.12 bits per heavy atom. The molecule has 0 spiro atoms. The first kappa shape index (κ1) is 20.9. The summed E-state index contributed by atoms with van der Waals surface area (Å²) in [6, 6.07) is 30.7. The predicted molar refractivity (Wildman–Crippen MR) is 130 cm³/mol. The van der Waals surface area contributed by atoms with Crippen LogP contribution in [0, 0.1) is 5.41 Å². The zero-order valence-corrected chi connectivity index (χ0v) is 18.5. The SMILES string of the molecule is N=C1NC(c2ccccc2)(c2ccccc2)C(=O)N1Cc1cccc(-c2ccc(Cl)nc2)c1. The molecular formula is C27H21ClN4O. The van der Waals surface area contributed by atoms with Crippen LogP contribution in [0.5, 0.6) is 0 Å². The molecule has 1 aromatic heterocycles. The summed E-state index contributed by atoms with van der Waals surface area (Å²) < 4.78 is 0. The van der Waals surface area contributed by atoms with Gasteiger partial charge in [-0.1, -0.05) is 90.5 Å². The maximum atomic E-state index is 13.9. The van der Waals surface area contributed by atoms with Gasteiger partial charge < -0.3 is 5.32 Å². The molecule has 6 heteroatoms. The third kappa shape index (κ3) is 3.77. The van der Waals surface area contributed by atoms with Crippen LogP contribution >= 0.6 is 11.6 Å². The number of nitrogens with zero attached hydrogens (tertiary/aromatic N) is 2. The number of amides is 1. The van der Waals surface area contributed by atoms with E-state index < -0.39 is 5.54 Å². The van der Waals surface area contributed by atoms with Crippen LogP contribution in [0.1, 0.15) is 16.7 Å². The molecule has 4 aromatic rings. The average molecular weight is 453 g/mol. The van der Waals surface area contributed by atoms with E-state index in [-0.39, 0.29) is 18.4 Å². The van der Waals surface area contributed by atoms with Crippen LogP contribution in [0.25, 0.3) is 11.1 Å². The highest BCUT2D eigenvalue weighted by atomic mass is 35.5. The second-order valence-corrected chi connectivity index (χ2v) is 8.30. The molecule has 0 bridgehead atoms. The first-order chi connectivity index (χ1) is 16.1. The Morgan fingerprint density at radius 2 is 1.52 bits per heavy atom. The number of benzene rings is 3. The van der Waals surface area contributed by atoms with Gasteiger partial charge in [-0.2, -0.15) is 0 Å². The van der Waals surface area contributed by atoms with E-state index in [2.05, 4.69) is 10.3 Å². The van der Waals surface area contributed by atoms with Gasteiger partial charge >= 0.3 is 0 Å². The number of pyridine rings is 1. The number of carbonyl (C=O) groups is 1. The zero-order chi connectivity index (χ0) is 22.8. The molecule has 1 fully saturated rings. The summed E-state index contributed by atoms with van der Waals surface area (Å²) in [5.74, 6) is -0.102. The Labute approximate surface area is 197 Å². The number of halogens is 1. The molecule has 1 amide bonds. The maximum absolute atomic E-state index is 13.9. The van der Waals surface area contributed by atoms with Gasteiger partial charge in [-0.3, -0.25) is 15.1 Å². The fourth-order valence-corrected chi connectivity index (χ4v) is 4.38. The van der Waals surface area contributed by atoms with Gasteiger partial charge in [0.15, 0.2) is 11.5 Å². The van der Waals surface area contributed by atoms with Crippen LogP contribution < -0.4 is 5.32 Å². The molecule has 1 saturated heterocycles. The number of rotatable bonds is 5. The minimum Gasteiger partial charge on any atom is -0.334 e. The van der Waals surface area contributed by atoms with Crippen molar-refractivity contribution >= 4 is 23.5 Å². The van der Waals surface area contributed by atoms with E-state index in [0.29, 0.717) is 5.15 Å². The second kappa shape index (κ2) is 8.52. The molecule has 0 aliphatic carbocycles. The lowest BCUT2D eigenvalue weighted by atomic mass is 9.82. The van der Waals surface area contributed by atoms with Crippen molar-refractivity contribution in [1.82, 2.24) is 15.2 Å². The van der Waals surface area contributed by atoms with Gasteiger partial charge in [0.2, 0.25) is 0 Å². The Kier molecular flexibility index (Phi) is 5.40. The van der Waals surface area contributed by atoms with E-state index in [4.69, 9.17) is 17.0 Å². The number of hydrogen-bond acceptors (Lipinski definition) is 3. The summed E-state index contributed by atoms with van der Waals surface area (Å²) in [4.78, 5) is 19.6. The summed E-state index contributed by atoms with van der Waals surface area (Å²) in [6.45, 7) is 0.279. The van der Waals surface area contributed by atoms with Crippen LogP contribution in [0.2, 0.25) is 5.15 Å². The van der Waals surface area contributed by atoms with E-state index in [9.17, 15) is 4.79 Å². The Morgan fingerprint density at radius 1 is 0.848 bits per heavy atom. The van der Waals surface area contributed by atoms with Crippen molar-refractivity contribution in [2.24, 2.45) is 0 Å². The minimum absolute atomic E-state index is 0.0752. The van der Waals surface area contributed by atoms with Crippen molar-refractivity contribution in [3.63, 3.8) is 0 Å². The first-order valence-electron chi connectivity index (χ1n) is 10.6. The highest BCUT2D eigenvalue weighted by Gasteiger charge is 2.52. The summed E-state index contributed by atoms with van der Waals surface area (Å²) in [5, 5.41) is 12.3. The largest absolute Gasteiger partial charge is 0.334 e. The highest BCUT2D eigenvalue weighted by Crippen LogP contribution is 2.36. The second-order valence-electron chi connectivity index (χ2n) is 7.92. The number of aromatic nitrogens is 1. The lowest BCUT2D eigenvalue weighted by Crippen LogP contribution is -2.45. The van der Waals surface area contributed by atoms with Gasteiger partial charge in [-0.05, 0) is 40.5 Å². The summed E-state index contributed by atoms with van der Waals surface area (Å²) >= 11 is 5.92. The fraction of sp³-hybridized carbons (Fsp3) is 0.0741. The van der Waals surface area contributed by atoms with E-state index in [1.165, 1.54) is 4.90 Å². The molecule has 5 nitrogen and oxygen atoms in total. The lowest BCUT2D eigenvalue weighted by molar-refractivity contribution is -0.130. The predicted octanol–water partition coefficient (Wildman–Crippen LogP) is 5.21. The standard InChI is InChI=1S/C27H21ClN4O/c28-24-15-14-21(17-30-24)20-9-7-8-19(16-20)18-32-25(33)27(31-26(32)29,22-10-3-1-4-11-22)23-12-5-2-6-13-23/h1-17H,18H2,(H2,29,31). The van der Waals surface area contributed by atoms with Gasteiger partial charge in [0, 0.05) is 11.8 Å². The van der Waals surface area contributed by atoms with E-state index >= 15 is 0 Å². The molecule has 3 aromatic carbocycles. The molecule has 2 heterocycles. The third-order valence-corrected chi connectivity index (χ3v) is 6.11. The molecule has 162 valence electrons. The maximum Gasteiger partial charge on any atom is 0.264 e. The Balaban J connectivity index is 1.51. The molecule has 33 heavy (non-hydrogen) atoms. The Hall–Kier alpha value is -3.96. The zero-order valence-electron chi connectivity index (χ0n) is 17.7. The number of guanidine groups is 1. The van der Waals surface area contributed by atoms with Crippen molar-refractivity contribution in [2.75, 3.05) is 0 Å². The fourth-order valence-electron chi connectivity index (χ4n) is 4.27. The molecule has 0 saturated carbocycles. The van der Waals surface area contributed by atoms with Crippen molar-refractivity contribution in [2.45, 2.75) is 12.1 Å². The van der Waals surface area contributed by atoms with Crippen molar-refractivity contribution in [3.8, 4) is 11.1 Å². The van der Waals surface area contributed by atoms with Crippen LogP contribution in [0.4, 0.5) is 0 Å². The first-order valence-corrected chi connectivity index (χ1v) is 11.0. The number of carbonyl (C=O) groups excluding carboxylic acids is 1. The molecule has 1 aliphatic rings. The normalized spacial score (nSPS) is 14.9. The van der Waals surface area contributed by atoms with Crippen LogP contribution in [0.3, 0.4) is 0 Å². The Bertz CT molecular complexity index is 1270. The van der Waals surface area contributed by atoms with Gasteiger partial charge in [0.25, 0.3) is 5.91 Å². The molecular weight excluding hydrogens is 432 g/mol. The lowest BCUT2D eigenvalue weighted by Gasteiger charge is -2.28. The van der Waals surface area contributed by atoms with Gasteiger partial charge in [0.1, 0.15) is 5.15 Å². The summed E-state index contributed by atoms with van der Waals surface area (Å²) in [6.07, 6.45) is 1.72. The van der Waals surface area contributed by atoms with E-state index in [0.717, 1.165) is 27.8 Å². The molecule has 1 aliphatic heterocycles. The smallest absolute Gasteiger partial charge is 0.264 e. The summed E-state index contributed by atoms with van der Waals surface area (Å²) in [7, 11) is 0. The van der Waals surface area contributed by atoms with E-state index in [1.54, 1.807) is 12.3 Å². The molecule has 2 N–H and O–H groups in total. The molecule has 5 rings (SSSR count). The van der Waals surface area contributed by atoms with E-state index in [1.807, 2.05) is 91.0 Å². The third-order valence-electron chi connectivity index (χ3n) is 5.88. The highest BCUT2D eigenvalue weighted by molar-refractivity contribution is 6.29. The average Bonchev–Trinajstić information content (AvgIpc) is 3.11. The van der Waals surface area contributed by atoms with Gasteiger partial charge in [-0.25, -0.2) is 4.98 Å². The quantitative estimate of drug-likeness (QED) is 0.408. The number of hydrogen-bond donors (Lipinski definition) is 2. The van der Waals surface area contributed by atoms with Crippen molar-refractivity contribution in [1.29, 1.82) is 5.41 Å². The van der Waals surface area contributed by atoms with Crippen LogP contribution in [-0.4, -0.2) is 21.8 Å². The number of nitrogens with one attached hydrogen (secondary N) is 2. The molecule has 0 unspecified atom stereocenters. The van der Waals surface area contributed by atoms with Crippen molar-refractivity contribution < 1.29 is 4.79 Å². The summed E-state index contributed by atoms with van der Waals surface area (Å²) in [5.41, 5.74) is 3.28. The van der Waals surface area contributed by atoms with Gasteiger partial charge in [0.05, 0.1) is 6.54 Å². The van der Waals surface area contributed by atoms with Crippen LogP contribution in [-0.2, 0) is 16.9 Å². The molecule has 0 radical (unpaired) electrons. The van der Waals surface area contributed by atoms with Gasteiger partial charge in [-0.15, -0.1) is 0 Å². The minimum atomic E-state index is -1.14. The molecule has 0 atom stereocenters. The van der Waals surface area contributed by atoms with Crippen LogP contribution in [0.15, 0.2) is 103 Å². The topological polar surface area (TPSA) is 69.1 Å². The van der Waals surface area contributed by atoms with Crippen molar-refractivity contribution in [3.05, 3.63) is 125 Å². The monoisotopic (exact) mass is 452 g/mol.